The first-order valence-corrected chi connectivity index (χ1v) is 16.8. The Morgan fingerprint density at radius 3 is 1.00 bits per heavy atom. The zero-order chi connectivity index (χ0) is 43.0. The molecule has 0 saturated heterocycles. The van der Waals surface area contributed by atoms with Gasteiger partial charge in [-0.25, -0.2) is 61.5 Å². The maximum Gasteiger partial charge on any atom is 0.198 e. The van der Waals surface area contributed by atoms with Crippen molar-refractivity contribution in [1.82, 2.24) is 9.80 Å². The third-order valence-corrected chi connectivity index (χ3v) is 9.53. The van der Waals surface area contributed by atoms with Crippen LogP contribution in [0.15, 0.2) is 24.3 Å². The molecule has 0 spiro atoms. The first kappa shape index (κ1) is 42.0. The average molecular weight is 833 g/mol. The van der Waals surface area contributed by atoms with E-state index in [1.165, 1.54) is 30.9 Å². The summed E-state index contributed by atoms with van der Waals surface area (Å²) in [5.41, 5.74) is -4.66. The van der Waals surface area contributed by atoms with Gasteiger partial charge < -0.3 is 15.1 Å². The number of hydrogen-bond donors (Lipinski definition) is 2. The van der Waals surface area contributed by atoms with Gasteiger partial charge in [-0.2, -0.15) is 0 Å². The van der Waals surface area contributed by atoms with Crippen molar-refractivity contribution in [2.75, 3.05) is 27.2 Å². The maximum absolute atomic E-state index is 15.8. The highest BCUT2D eigenvalue weighted by molar-refractivity contribution is 5.93. The Morgan fingerprint density at radius 2 is 0.690 bits per heavy atom. The molecule has 0 aliphatic rings. The van der Waals surface area contributed by atoms with Crippen LogP contribution in [-0.2, 0) is 13.1 Å². The molecule has 58 heavy (non-hydrogen) atoms. The van der Waals surface area contributed by atoms with Gasteiger partial charge in [0.1, 0.15) is 23.1 Å². The van der Waals surface area contributed by atoms with Crippen LogP contribution in [0.3, 0.4) is 0 Å². The molecule has 0 saturated carbocycles. The average Bonchev–Trinajstić information content (AvgIpc) is 3.16. The normalized spacial score (nSPS) is 12.0. The standard InChI is InChI=1S/C40H26F14N2O2/c1-13-7-15(39(57)17(9-13)19-25(41)21-23(29(45)27(19)43)33(49)37(53)35(51)31(21)47)11-56(6-5-55(3)4)12-16-8-14(2)10-18(40(16)58)20-26(42)22-24(30(46)28(20)44)34(50)38(54)36(52)32(22)48/h7-10,57-58H,5-6,11-12H2,1-4H3. The van der Waals surface area contributed by atoms with Crippen LogP contribution in [0.1, 0.15) is 22.3 Å². The topological polar surface area (TPSA) is 46.9 Å². The van der Waals surface area contributed by atoms with Crippen molar-refractivity contribution in [2.24, 2.45) is 0 Å². The lowest BCUT2D eigenvalue weighted by molar-refractivity contribution is 0.221. The second kappa shape index (κ2) is 15.3. The van der Waals surface area contributed by atoms with Gasteiger partial charge >= 0.3 is 0 Å². The molecule has 0 radical (unpaired) electrons. The smallest absolute Gasteiger partial charge is 0.198 e. The van der Waals surface area contributed by atoms with E-state index in [0.717, 1.165) is 12.1 Å². The summed E-state index contributed by atoms with van der Waals surface area (Å²) in [6.45, 7) is 2.13. The highest BCUT2D eigenvalue weighted by atomic mass is 19.2. The molecular formula is C40H26F14N2O2. The Kier molecular flexibility index (Phi) is 11.1. The van der Waals surface area contributed by atoms with Crippen LogP contribution < -0.4 is 0 Å². The van der Waals surface area contributed by atoms with E-state index in [2.05, 4.69) is 0 Å². The van der Waals surface area contributed by atoms with Gasteiger partial charge in [-0.05, 0) is 51.2 Å². The van der Waals surface area contributed by atoms with Crippen molar-refractivity contribution < 1.29 is 71.7 Å². The number of aromatic hydroxyl groups is 2. The SMILES string of the molecule is Cc1cc(CN(CCN(C)C)Cc2cc(C)cc(-c3c(F)c(F)c4c(F)c(F)c(F)c(F)c4c3F)c2O)c(O)c(-c2c(F)c(F)c3c(F)c(F)c(F)c(F)c3c2F)c1. The number of rotatable bonds is 9. The van der Waals surface area contributed by atoms with Gasteiger partial charge in [-0.1, -0.05) is 12.1 Å². The van der Waals surface area contributed by atoms with Crippen molar-refractivity contribution >= 4 is 21.5 Å². The first-order chi connectivity index (χ1) is 27.1. The largest absolute Gasteiger partial charge is 0.507 e. The van der Waals surface area contributed by atoms with E-state index in [1.807, 2.05) is 0 Å². The molecule has 0 unspecified atom stereocenters. The lowest BCUT2D eigenvalue weighted by Crippen LogP contribution is -2.31. The number of likely N-dealkylation sites (N-methyl/N-ethyl adjacent to an activating group) is 1. The summed E-state index contributed by atoms with van der Waals surface area (Å²) in [4.78, 5) is 3.13. The molecule has 6 rings (SSSR count). The minimum absolute atomic E-state index is 0.0176. The van der Waals surface area contributed by atoms with E-state index in [4.69, 9.17) is 0 Å². The summed E-state index contributed by atoms with van der Waals surface area (Å²) in [7, 11) is 3.30. The number of phenols is 2. The molecule has 0 aliphatic heterocycles. The highest BCUT2D eigenvalue weighted by Crippen LogP contribution is 2.45. The number of aryl methyl sites for hydroxylation is 2. The Morgan fingerprint density at radius 1 is 0.397 bits per heavy atom. The van der Waals surface area contributed by atoms with Crippen LogP contribution in [0.4, 0.5) is 61.5 Å². The zero-order valence-corrected chi connectivity index (χ0v) is 30.2. The molecule has 0 bridgehead atoms. The van der Waals surface area contributed by atoms with E-state index in [1.54, 1.807) is 19.0 Å². The molecule has 0 aliphatic carbocycles. The zero-order valence-electron chi connectivity index (χ0n) is 30.2. The van der Waals surface area contributed by atoms with Crippen molar-refractivity contribution in [3.05, 3.63) is 128 Å². The molecule has 18 heteroatoms. The molecular weight excluding hydrogens is 806 g/mol. The Hall–Kier alpha value is -5.62. The van der Waals surface area contributed by atoms with Gasteiger partial charge in [-0.3, -0.25) is 4.90 Å². The predicted molar refractivity (Wildman–Crippen MR) is 184 cm³/mol. The van der Waals surface area contributed by atoms with E-state index in [-0.39, 0.29) is 35.3 Å². The minimum atomic E-state index is -2.53. The molecule has 0 atom stereocenters. The maximum atomic E-state index is 15.8. The summed E-state index contributed by atoms with van der Waals surface area (Å²) in [6, 6.07) is 4.46. The second-order valence-electron chi connectivity index (χ2n) is 13.8. The monoisotopic (exact) mass is 832 g/mol. The van der Waals surface area contributed by atoms with Crippen LogP contribution in [-0.4, -0.2) is 47.2 Å². The summed E-state index contributed by atoms with van der Waals surface area (Å²) in [6.07, 6.45) is 0. The number of fused-ring (bicyclic) bond motifs is 2. The summed E-state index contributed by atoms with van der Waals surface area (Å²) in [5.74, 6) is -34.7. The summed E-state index contributed by atoms with van der Waals surface area (Å²) >= 11 is 0. The minimum Gasteiger partial charge on any atom is -0.507 e. The van der Waals surface area contributed by atoms with Gasteiger partial charge in [0.25, 0.3) is 0 Å². The van der Waals surface area contributed by atoms with E-state index >= 15 is 26.3 Å². The Labute approximate surface area is 318 Å². The highest BCUT2D eigenvalue weighted by Gasteiger charge is 2.34. The molecule has 0 heterocycles. The Balaban J connectivity index is 1.48. The van der Waals surface area contributed by atoms with Gasteiger partial charge in [0.05, 0.1) is 32.7 Å². The van der Waals surface area contributed by atoms with Gasteiger partial charge in [0, 0.05) is 48.4 Å². The van der Waals surface area contributed by atoms with E-state index in [9.17, 15) is 45.3 Å². The molecule has 4 nitrogen and oxygen atoms in total. The fraction of sp³-hybridized carbons (Fsp3) is 0.200. The lowest BCUT2D eigenvalue weighted by Gasteiger charge is -2.26. The molecule has 0 aromatic heterocycles. The van der Waals surface area contributed by atoms with Gasteiger partial charge in [-0.15, -0.1) is 0 Å². The fourth-order valence-corrected chi connectivity index (χ4v) is 6.81. The van der Waals surface area contributed by atoms with E-state index < -0.39 is 150 Å². The lowest BCUT2D eigenvalue weighted by atomic mass is 9.93. The fourth-order valence-electron chi connectivity index (χ4n) is 6.81. The molecule has 6 aromatic rings. The van der Waals surface area contributed by atoms with Crippen molar-refractivity contribution in [2.45, 2.75) is 26.9 Å². The molecule has 0 amide bonds. The van der Waals surface area contributed by atoms with Gasteiger partial charge in [0.15, 0.2) is 69.8 Å². The van der Waals surface area contributed by atoms with Crippen LogP contribution in [0, 0.1) is 95.3 Å². The van der Waals surface area contributed by atoms with Crippen LogP contribution in [0.25, 0.3) is 43.8 Å². The van der Waals surface area contributed by atoms with Gasteiger partial charge in [0.2, 0.25) is 0 Å². The predicted octanol–water partition coefficient (Wildman–Crippen LogP) is 10.9. The second-order valence-corrected chi connectivity index (χ2v) is 13.8. The molecule has 2 N–H and O–H groups in total. The molecule has 6 aromatic carbocycles. The van der Waals surface area contributed by atoms with Crippen LogP contribution in [0.2, 0.25) is 0 Å². The number of halogens is 14. The third kappa shape index (κ3) is 6.70. The third-order valence-electron chi connectivity index (χ3n) is 9.53. The molecule has 306 valence electrons. The van der Waals surface area contributed by atoms with Crippen molar-refractivity contribution in [3.63, 3.8) is 0 Å². The van der Waals surface area contributed by atoms with E-state index in [0.29, 0.717) is 0 Å². The summed E-state index contributed by atoms with van der Waals surface area (Å²) < 4.78 is 208. The number of phenolic OH excluding ortho intramolecular Hbond substituents is 2. The first-order valence-electron chi connectivity index (χ1n) is 16.8. The molecule has 0 fully saturated rings. The van der Waals surface area contributed by atoms with Crippen molar-refractivity contribution in [1.29, 1.82) is 0 Å². The quantitative estimate of drug-likeness (QED) is 0.0866. The number of nitrogens with zero attached hydrogens (tertiary/aromatic N) is 2. The van der Waals surface area contributed by atoms with Crippen LogP contribution in [0.5, 0.6) is 11.5 Å². The number of hydrogen-bond acceptors (Lipinski definition) is 4. The Bertz CT molecular complexity index is 2540. The summed E-state index contributed by atoms with van der Waals surface area (Å²) in [5, 5.41) is 15.4. The van der Waals surface area contributed by atoms with Crippen LogP contribution >= 0.6 is 0 Å². The van der Waals surface area contributed by atoms with Crippen molar-refractivity contribution in [3.8, 4) is 33.8 Å². The number of benzene rings is 6.